The third-order valence-electron chi connectivity index (χ3n) is 3.78. The SMILES string of the molecule is CNC(=O)[C@@H]1CCC[C@@H]1N[C@@H]1C=CCCC1. The molecular weight excluding hydrogens is 200 g/mol. The lowest BCUT2D eigenvalue weighted by molar-refractivity contribution is -0.124. The Hall–Kier alpha value is -0.830. The van der Waals surface area contributed by atoms with E-state index in [1.807, 2.05) is 0 Å². The minimum absolute atomic E-state index is 0.181. The molecular formula is C13H22N2O. The average Bonchev–Trinajstić information content (AvgIpc) is 2.77. The van der Waals surface area contributed by atoms with Gasteiger partial charge < -0.3 is 10.6 Å². The van der Waals surface area contributed by atoms with Crippen LogP contribution in [0.15, 0.2) is 12.2 Å². The standard InChI is InChI=1S/C13H22N2O/c1-14-13(16)11-8-5-9-12(11)15-10-6-3-2-4-7-10/h3,6,10-12,15H,2,4-5,7-9H2,1H3,(H,14,16)/t10-,11-,12+/m1/s1. The fourth-order valence-electron chi connectivity index (χ4n) is 2.88. The normalized spacial score (nSPS) is 33.9. The van der Waals surface area contributed by atoms with Crippen LogP contribution < -0.4 is 10.6 Å². The van der Waals surface area contributed by atoms with E-state index in [-0.39, 0.29) is 11.8 Å². The molecule has 0 aliphatic heterocycles. The molecule has 2 aliphatic carbocycles. The van der Waals surface area contributed by atoms with E-state index in [1.165, 1.54) is 25.7 Å². The molecule has 1 fully saturated rings. The molecule has 2 aliphatic rings. The number of amides is 1. The molecule has 0 aromatic carbocycles. The lowest BCUT2D eigenvalue weighted by atomic mass is 9.98. The first-order valence-electron chi connectivity index (χ1n) is 6.45. The smallest absolute Gasteiger partial charge is 0.224 e. The van der Waals surface area contributed by atoms with Crippen molar-refractivity contribution in [3.05, 3.63) is 12.2 Å². The monoisotopic (exact) mass is 222 g/mol. The molecule has 0 heterocycles. The number of hydrogen-bond acceptors (Lipinski definition) is 2. The summed E-state index contributed by atoms with van der Waals surface area (Å²) in [5.74, 6) is 0.384. The van der Waals surface area contributed by atoms with Crippen LogP contribution in [0.2, 0.25) is 0 Å². The zero-order valence-electron chi connectivity index (χ0n) is 10.0. The van der Waals surface area contributed by atoms with Crippen LogP contribution in [-0.2, 0) is 4.79 Å². The zero-order valence-corrected chi connectivity index (χ0v) is 10.0. The van der Waals surface area contributed by atoms with E-state index >= 15 is 0 Å². The summed E-state index contributed by atoms with van der Waals surface area (Å²) < 4.78 is 0. The number of nitrogens with one attached hydrogen (secondary N) is 2. The molecule has 90 valence electrons. The molecule has 3 nitrogen and oxygen atoms in total. The number of hydrogen-bond donors (Lipinski definition) is 2. The quantitative estimate of drug-likeness (QED) is 0.712. The molecule has 0 saturated heterocycles. The van der Waals surface area contributed by atoms with Crippen LogP contribution in [0.1, 0.15) is 38.5 Å². The molecule has 3 atom stereocenters. The fourth-order valence-corrected chi connectivity index (χ4v) is 2.88. The maximum absolute atomic E-state index is 11.7. The predicted octanol–water partition coefficient (Wildman–Crippen LogP) is 1.60. The molecule has 1 saturated carbocycles. The summed E-state index contributed by atoms with van der Waals surface area (Å²) in [4.78, 5) is 11.7. The predicted molar refractivity (Wildman–Crippen MR) is 65.1 cm³/mol. The summed E-state index contributed by atoms with van der Waals surface area (Å²) >= 11 is 0. The van der Waals surface area contributed by atoms with Crippen LogP contribution in [0.25, 0.3) is 0 Å². The second-order valence-electron chi connectivity index (χ2n) is 4.89. The van der Waals surface area contributed by atoms with Crippen molar-refractivity contribution in [3.63, 3.8) is 0 Å². The highest BCUT2D eigenvalue weighted by molar-refractivity contribution is 5.79. The van der Waals surface area contributed by atoms with Gasteiger partial charge in [-0.15, -0.1) is 0 Å². The average molecular weight is 222 g/mol. The van der Waals surface area contributed by atoms with Crippen molar-refractivity contribution in [2.24, 2.45) is 5.92 Å². The van der Waals surface area contributed by atoms with Crippen molar-refractivity contribution in [2.75, 3.05) is 7.05 Å². The van der Waals surface area contributed by atoms with Crippen molar-refractivity contribution >= 4 is 5.91 Å². The van der Waals surface area contributed by atoms with Gasteiger partial charge in [0.05, 0.1) is 5.92 Å². The van der Waals surface area contributed by atoms with Gasteiger partial charge in [0, 0.05) is 19.1 Å². The van der Waals surface area contributed by atoms with Crippen LogP contribution in [0.4, 0.5) is 0 Å². The molecule has 16 heavy (non-hydrogen) atoms. The Labute approximate surface area is 97.7 Å². The minimum atomic E-state index is 0.181. The maximum Gasteiger partial charge on any atom is 0.224 e. The van der Waals surface area contributed by atoms with E-state index in [1.54, 1.807) is 7.05 Å². The van der Waals surface area contributed by atoms with Crippen LogP contribution in [0.3, 0.4) is 0 Å². The van der Waals surface area contributed by atoms with E-state index in [2.05, 4.69) is 22.8 Å². The third-order valence-corrected chi connectivity index (χ3v) is 3.78. The van der Waals surface area contributed by atoms with Gasteiger partial charge in [-0.1, -0.05) is 18.6 Å². The number of allylic oxidation sites excluding steroid dienone is 1. The lowest BCUT2D eigenvalue weighted by Gasteiger charge is -2.26. The molecule has 3 heteroatoms. The van der Waals surface area contributed by atoms with Gasteiger partial charge in [-0.25, -0.2) is 0 Å². The van der Waals surface area contributed by atoms with E-state index < -0.39 is 0 Å². The van der Waals surface area contributed by atoms with Gasteiger partial charge in [0.2, 0.25) is 5.91 Å². The Morgan fingerprint density at radius 2 is 2.12 bits per heavy atom. The van der Waals surface area contributed by atoms with Crippen LogP contribution in [0, 0.1) is 5.92 Å². The molecule has 1 amide bonds. The topological polar surface area (TPSA) is 41.1 Å². The summed E-state index contributed by atoms with van der Waals surface area (Å²) in [6, 6.07) is 0.872. The summed E-state index contributed by atoms with van der Waals surface area (Å²) in [6.45, 7) is 0. The van der Waals surface area contributed by atoms with E-state index in [9.17, 15) is 4.79 Å². The first-order valence-corrected chi connectivity index (χ1v) is 6.45. The summed E-state index contributed by atoms with van der Waals surface area (Å²) in [6.07, 6.45) is 11.6. The Bertz CT molecular complexity index is 275. The molecule has 0 bridgehead atoms. The number of rotatable bonds is 3. The molecule has 0 spiro atoms. The highest BCUT2D eigenvalue weighted by Crippen LogP contribution is 2.27. The Morgan fingerprint density at radius 3 is 2.81 bits per heavy atom. The maximum atomic E-state index is 11.7. The first kappa shape index (κ1) is 11.6. The summed E-state index contributed by atoms with van der Waals surface area (Å²) in [5, 5.41) is 6.41. The highest BCUT2D eigenvalue weighted by Gasteiger charge is 2.33. The van der Waals surface area contributed by atoms with Gasteiger partial charge in [-0.3, -0.25) is 4.79 Å². The minimum Gasteiger partial charge on any atom is -0.359 e. The van der Waals surface area contributed by atoms with Gasteiger partial charge in [0.25, 0.3) is 0 Å². The summed E-state index contributed by atoms with van der Waals surface area (Å²) in [7, 11) is 1.73. The third kappa shape index (κ3) is 2.64. The van der Waals surface area contributed by atoms with Crippen LogP contribution in [0.5, 0.6) is 0 Å². The van der Waals surface area contributed by atoms with Crippen molar-refractivity contribution in [1.82, 2.24) is 10.6 Å². The molecule has 0 aromatic rings. The van der Waals surface area contributed by atoms with Crippen LogP contribution >= 0.6 is 0 Å². The molecule has 0 unspecified atom stereocenters. The second-order valence-corrected chi connectivity index (χ2v) is 4.89. The van der Waals surface area contributed by atoms with Crippen molar-refractivity contribution in [3.8, 4) is 0 Å². The second kappa shape index (κ2) is 5.48. The Balaban J connectivity index is 1.90. The number of carbonyl (C=O) groups excluding carboxylic acids is 1. The van der Waals surface area contributed by atoms with Crippen molar-refractivity contribution in [2.45, 2.75) is 50.6 Å². The van der Waals surface area contributed by atoms with Crippen molar-refractivity contribution < 1.29 is 4.79 Å². The van der Waals surface area contributed by atoms with Gasteiger partial charge in [-0.05, 0) is 32.1 Å². The van der Waals surface area contributed by atoms with E-state index in [0.29, 0.717) is 12.1 Å². The van der Waals surface area contributed by atoms with Crippen molar-refractivity contribution in [1.29, 1.82) is 0 Å². The molecule has 0 aromatic heterocycles. The van der Waals surface area contributed by atoms with Gasteiger partial charge >= 0.3 is 0 Å². The Kier molecular flexibility index (Phi) is 3.99. The summed E-state index contributed by atoms with van der Waals surface area (Å²) in [5.41, 5.74) is 0. The molecule has 2 rings (SSSR count). The molecule has 0 radical (unpaired) electrons. The van der Waals surface area contributed by atoms with Gasteiger partial charge in [-0.2, -0.15) is 0 Å². The van der Waals surface area contributed by atoms with Gasteiger partial charge in [0.1, 0.15) is 0 Å². The lowest BCUT2D eigenvalue weighted by Crippen LogP contribution is -2.44. The number of carbonyl (C=O) groups is 1. The van der Waals surface area contributed by atoms with Crippen LogP contribution in [-0.4, -0.2) is 25.0 Å². The Morgan fingerprint density at radius 1 is 1.25 bits per heavy atom. The fraction of sp³-hybridized carbons (Fsp3) is 0.769. The van der Waals surface area contributed by atoms with E-state index in [4.69, 9.17) is 0 Å². The van der Waals surface area contributed by atoms with E-state index in [0.717, 1.165) is 12.8 Å². The zero-order chi connectivity index (χ0) is 11.4. The molecule has 2 N–H and O–H groups in total. The largest absolute Gasteiger partial charge is 0.359 e. The first-order chi connectivity index (χ1) is 7.81. The highest BCUT2D eigenvalue weighted by atomic mass is 16.1. The van der Waals surface area contributed by atoms with Gasteiger partial charge in [0.15, 0.2) is 0 Å².